The standard InChI is InChI=1S/C27H31ClN4O3/c1-27(2,3)35-26(33)31-16-19-15-20(28)11-14-23(19)32-24(17-31)29-30-25(32)18-9-12-22(13-10-18)34-21-7-5-4-6-8-21/h4-8,11,14-15,18,22H,9-10,12-13,16-17H2,1-3H3. The number of hydrogen-bond donors (Lipinski definition) is 0. The molecule has 1 aromatic heterocycles. The Morgan fingerprint density at radius 1 is 1.00 bits per heavy atom. The van der Waals surface area contributed by atoms with Gasteiger partial charge in [-0.25, -0.2) is 4.79 Å². The van der Waals surface area contributed by atoms with Crippen molar-refractivity contribution in [2.75, 3.05) is 0 Å². The van der Waals surface area contributed by atoms with Gasteiger partial charge in [0.1, 0.15) is 17.2 Å². The molecule has 1 fully saturated rings. The Hall–Kier alpha value is -3.06. The van der Waals surface area contributed by atoms with Crippen LogP contribution in [-0.4, -0.2) is 37.5 Å². The van der Waals surface area contributed by atoms with E-state index in [4.69, 9.17) is 21.1 Å². The molecule has 184 valence electrons. The van der Waals surface area contributed by atoms with Gasteiger partial charge in [-0.05, 0) is 82.3 Å². The number of halogens is 1. The summed E-state index contributed by atoms with van der Waals surface area (Å²) in [5, 5.41) is 9.78. The van der Waals surface area contributed by atoms with E-state index in [1.54, 1.807) is 4.90 Å². The summed E-state index contributed by atoms with van der Waals surface area (Å²) in [7, 11) is 0. The first-order valence-electron chi connectivity index (χ1n) is 12.2. The number of carbonyl (C=O) groups is 1. The lowest BCUT2D eigenvalue weighted by molar-refractivity contribution is 0.0214. The van der Waals surface area contributed by atoms with Crippen LogP contribution in [0.3, 0.4) is 0 Å². The van der Waals surface area contributed by atoms with Gasteiger partial charge >= 0.3 is 6.09 Å². The lowest BCUT2D eigenvalue weighted by Crippen LogP contribution is -2.35. The first-order valence-corrected chi connectivity index (χ1v) is 12.6. The first-order chi connectivity index (χ1) is 16.8. The molecule has 0 atom stereocenters. The molecule has 35 heavy (non-hydrogen) atoms. The molecule has 0 saturated heterocycles. The number of aromatic nitrogens is 3. The van der Waals surface area contributed by atoms with Crippen molar-refractivity contribution < 1.29 is 14.3 Å². The molecule has 1 saturated carbocycles. The maximum Gasteiger partial charge on any atom is 0.411 e. The van der Waals surface area contributed by atoms with Crippen LogP contribution in [0.2, 0.25) is 5.02 Å². The van der Waals surface area contributed by atoms with E-state index in [1.807, 2.05) is 69.3 Å². The monoisotopic (exact) mass is 494 g/mol. The fourth-order valence-corrected chi connectivity index (χ4v) is 5.07. The van der Waals surface area contributed by atoms with Gasteiger partial charge in [-0.15, -0.1) is 10.2 Å². The van der Waals surface area contributed by atoms with Crippen molar-refractivity contribution in [3.8, 4) is 11.4 Å². The highest BCUT2D eigenvalue weighted by Crippen LogP contribution is 2.37. The number of rotatable bonds is 3. The number of para-hydroxylation sites is 1. The fourth-order valence-electron chi connectivity index (χ4n) is 4.88. The minimum atomic E-state index is -0.583. The minimum Gasteiger partial charge on any atom is -0.490 e. The van der Waals surface area contributed by atoms with Crippen molar-refractivity contribution in [2.45, 2.75) is 77.2 Å². The highest BCUT2D eigenvalue weighted by molar-refractivity contribution is 6.30. The normalized spacial score (nSPS) is 19.9. The van der Waals surface area contributed by atoms with Crippen LogP contribution >= 0.6 is 11.6 Å². The quantitative estimate of drug-likeness (QED) is 0.428. The van der Waals surface area contributed by atoms with Crippen molar-refractivity contribution in [3.63, 3.8) is 0 Å². The molecular formula is C27H31ClN4O3. The summed E-state index contributed by atoms with van der Waals surface area (Å²) in [5.41, 5.74) is 1.34. The fraction of sp³-hybridized carbons (Fsp3) is 0.444. The lowest BCUT2D eigenvalue weighted by Gasteiger charge is -2.29. The second kappa shape index (κ2) is 9.53. The summed E-state index contributed by atoms with van der Waals surface area (Å²) in [5.74, 6) is 2.85. The Labute approximate surface area is 211 Å². The molecule has 2 heterocycles. The average Bonchev–Trinajstić information content (AvgIpc) is 3.15. The third-order valence-electron chi connectivity index (χ3n) is 6.47. The van der Waals surface area contributed by atoms with Crippen LogP contribution in [0.1, 0.15) is 69.6 Å². The summed E-state index contributed by atoms with van der Waals surface area (Å²) >= 11 is 6.35. The molecular weight excluding hydrogens is 464 g/mol. The molecule has 2 aliphatic rings. The van der Waals surface area contributed by atoms with Crippen molar-refractivity contribution in [1.29, 1.82) is 0 Å². The molecule has 0 unspecified atom stereocenters. The van der Waals surface area contributed by atoms with E-state index in [1.165, 1.54) is 0 Å². The van der Waals surface area contributed by atoms with Crippen LogP contribution < -0.4 is 4.74 Å². The van der Waals surface area contributed by atoms with Crippen molar-refractivity contribution >= 4 is 17.7 Å². The maximum atomic E-state index is 13.0. The molecule has 5 rings (SSSR count). The van der Waals surface area contributed by atoms with Gasteiger partial charge in [-0.2, -0.15) is 0 Å². The number of ether oxygens (including phenoxy) is 2. The molecule has 0 radical (unpaired) electrons. The number of amides is 1. The summed E-state index contributed by atoms with van der Waals surface area (Å²) < 4.78 is 14.0. The molecule has 2 aromatic carbocycles. The molecule has 0 spiro atoms. The largest absolute Gasteiger partial charge is 0.490 e. The Morgan fingerprint density at radius 2 is 1.74 bits per heavy atom. The van der Waals surface area contributed by atoms with Crippen LogP contribution in [0.25, 0.3) is 5.69 Å². The highest BCUT2D eigenvalue weighted by atomic mass is 35.5. The lowest BCUT2D eigenvalue weighted by atomic mass is 9.86. The Balaban J connectivity index is 1.40. The van der Waals surface area contributed by atoms with Crippen LogP contribution in [0, 0.1) is 0 Å². The van der Waals surface area contributed by atoms with Gasteiger partial charge in [0.25, 0.3) is 0 Å². The van der Waals surface area contributed by atoms with E-state index >= 15 is 0 Å². The zero-order chi connectivity index (χ0) is 24.6. The van der Waals surface area contributed by atoms with E-state index in [9.17, 15) is 4.79 Å². The van der Waals surface area contributed by atoms with Gasteiger partial charge in [-0.1, -0.05) is 29.8 Å². The third kappa shape index (κ3) is 5.30. The number of benzene rings is 2. The number of fused-ring (bicyclic) bond motifs is 3. The number of carbonyl (C=O) groups excluding carboxylic acids is 1. The topological polar surface area (TPSA) is 69.5 Å². The van der Waals surface area contributed by atoms with Crippen molar-refractivity contribution in [3.05, 3.63) is 70.8 Å². The molecule has 8 heteroatoms. The van der Waals surface area contributed by atoms with E-state index in [0.717, 1.165) is 54.3 Å². The molecule has 0 bridgehead atoms. The molecule has 3 aromatic rings. The zero-order valence-corrected chi connectivity index (χ0v) is 21.2. The van der Waals surface area contributed by atoms with Crippen LogP contribution in [0.15, 0.2) is 48.5 Å². The summed E-state index contributed by atoms with van der Waals surface area (Å²) in [6, 6.07) is 15.8. The predicted molar refractivity (Wildman–Crippen MR) is 134 cm³/mol. The zero-order valence-electron chi connectivity index (χ0n) is 20.4. The van der Waals surface area contributed by atoms with Gasteiger partial charge in [-0.3, -0.25) is 9.47 Å². The molecule has 1 aliphatic heterocycles. The SMILES string of the molecule is CC(C)(C)OC(=O)N1Cc2cc(Cl)ccc2-n2c(nnc2C2CCC(Oc3ccccc3)CC2)C1. The van der Waals surface area contributed by atoms with Crippen LogP contribution in [-0.2, 0) is 17.8 Å². The minimum absolute atomic E-state index is 0.203. The smallest absolute Gasteiger partial charge is 0.411 e. The Morgan fingerprint density at radius 3 is 2.46 bits per heavy atom. The Kier molecular flexibility index (Phi) is 6.45. The molecule has 7 nitrogen and oxygen atoms in total. The van der Waals surface area contributed by atoms with E-state index in [-0.39, 0.29) is 18.1 Å². The number of nitrogens with zero attached hydrogens (tertiary/aromatic N) is 4. The number of hydrogen-bond acceptors (Lipinski definition) is 5. The first kappa shape index (κ1) is 23.7. The Bertz CT molecular complexity index is 1200. The average molecular weight is 495 g/mol. The van der Waals surface area contributed by atoms with E-state index < -0.39 is 5.60 Å². The van der Waals surface area contributed by atoms with Crippen LogP contribution in [0.5, 0.6) is 5.75 Å². The summed E-state index contributed by atoms with van der Waals surface area (Å²) in [6.45, 7) is 6.32. The van der Waals surface area contributed by atoms with Gasteiger partial charge in [0.2, 0.25) is 0 Å². The second-order valence-electron chi connectivity index (χ2n) is 10.3. The molecule has 1 aliphatic carbocycles. The molecule has 0 N–H and O–H groups in total. The van der Waals surface area contributed by atoms with Crippen LogP contribution in [0.4, 0.5) is 4.79 Å². The van der Waals surface area contributed by atoms with E-state index in [2.05, 4.69) is 14.8 Å². The highest BCUT2D eigenvalue weighted by Gasteiger charge is 2.33. The summed E-state index contributed by atoms with van der Waals surface area (Å²) in [4.78, 5) is 14.6. The maximum absolute atomic E-state index is 13.0. The van der Waals surface area contributed by atoms with Crippen molar-refractivity contribution in [1.82, 2.24) is 19.7 Å². The molecule has 1 amide bonds. The van der Waals surface area contributed by atoms with Gasteiger partial charge in [0, 0.05) is 10.9 Å². The van der Waals surface area contributed by atoms with Gasteiger partial charge < -0.3 is 9.47 Å². The van der Waals surface area contributed by atoms with Gasteiger partial charge in [0.05, 0.1) is 24.9 Å². The third-order valence-corrected chi connectivity index (χ3v) is 6.70. The second-order valence-corrected chi connectivity index (χ2v) is 10.8. The summed E-state index contributed by atoms with van der Waals surface area (Å²) in [6.07, 6.45) is 3.68. The van der Waals surface area contributed by atoms with E-state index in [0.29, 0.717) is 18.1 Å². The van der Waals surface area contributed by atoms with Gasteiger partial charge in [0.15, 0.2) is 5.82 Å². The van der Waals surface area contributed by atoms with Crippen molar-refractivity contribution in [2.24, 2.45) is 0 Å². The predicted octanol–water partition coefficient (Wildman–Crippen LogP) is 6.28.